The number of alkyl halides is 4. The van der Waals surface area contributed by atoms with E-state index in [0.29, 0.717) is 17.9 Å². The van der Waals surface area contributed by atoms with Gasteiger partial charge in [0.05, 0.1) is 6.10 Å². The van der Waals surface area contributed by atoms with Crippen molar-refractivity contribution in [1.29, 1.82) is 0 Å². The summed E-state index contributed by atoms with van der Waals surface area (Å²) in [4.78, 5) is 0. The van der Waals surface area contributed by atoms with Crippen molar-refractivity contribution < 1.29 is 38.7 Å². The van der Waals surface area contributed by atoms with E-state index in [1.54, 1.807) is 6.92 Å². The number of ether oxygens (including phenoxy) is 1. The smallest absolute Gasteiger partial charge is 0.162 e. The Labute approximate surface area is 289 Å². The molecule has 47 heavy (non-hydrogen) atoms. The van der Waals surface area contributed by atoms with E-state index in [4.69, 9.17) is 4.74 Å². The van der Waals surface area contributed by atoms with Crippen LogP contribution in [-0.2, 0) is 4.74 Å². The van der Waals surface area contributed by atoms with Gasteiger partial charge in [0.2, 0.25) is 0 Å². The average Bonchev–Trinajstić information content (AvgIpc) is 2.96. The fraction of sp³-hybridized carbons (Fsp3) is 1.00. The van der Waals surface area contributed by atoms with E-state index in [9.17, 15) is 17.6 Å². The Hall–Kier alpha value is -0.440. The molecule has 0 aromatic rings. The highest BCUT2D eigenvalue weighted by Crippen LogP contribution is 2.31. The first kappa shape index (κ1) is 53.4. The topological polar surface area (TPSA) is 104 Å². The molecular formula is C39H82F4O4. The molecule has 4 saturated carbocycles. The van der Waals surface area contributed by atoms with Crippen molar-refractivity contribution in [3.63, 3.8) is 0 Å². The first-order valence-corrected chi connectivity index (χ1v) is 18.4. The van der Waals surface area contributed by atoms with E-state index >= 15 is 0 Å². The molecule has 1 saturated heterocycles. The highest BCUT2D eigenvalue weighted by molar-refractivity contribution is 4.85. The molecule has 7 unspecified atom stereocenters. The Morgan fingerprint density at radius 1 is 0.383 bits per heavy atom. The first-order valence-electron chi connectivity index (χ1n) is 18.4. The van der Waals surface area contributed by atoms with Gasteiger partial charge in [0, 0.05) is 6.61 Å². The second-order valence-electron chi connectivity index (χ2n) is 16.0. The van der Waals surface area contributed by atoms with Crippen LogP contribution in [0, 0.1) is 47.3 Å². The van der Waals surface area contributed by atoms with Crippen molar-refractivity contribution in [1.82, 2.24) is 0 Å². The van der Waals surface area contributed by atoms with Gasteiger partial charge in [-0.25, -0.2) is 17.6 Å². The van der Waals surface area contributed by atoms with Gasteiger partial charge in [-0.3, -0.25) is 0 Å². The van der Waals surface area contributed by atoms with Crippen LogP contribution in [0.15, 0.2) is 0 Å². The zero-order valence-electron chi connectivity index (χ0n) is 31.2. The second-order valence-corrected chi connectivity index (χ2v) is 16.0. The summed E-state index contributed by atoms with van der Waals surface area (Å²) >= 11 is 0. The fourth-order valence-electron chi connectivity index (χ4n) is 6.68. The molecule has 0 spiro atoms. The van der Waals surface area contributed by atoms with Crippen molar-refractivity contribution in [3.05, 3.63) is 0 Å². The molecule has 0 amide bonds. The molecule has 8 heteroatoms. The molecule has 0 aromatic heterocycles. The van der Waals surface area contributed by atoms with E-state index in [1.807, 2.05) is 6.92 Å². The lowest BCUT2D eigenvalue weighted by Crippen LogP contribution is -2.36. The summed E-state index contributed by atoms with van der Waals surface area (Å²) in [5, 5.41) is 0. The third kappa shape index (κ3) is 25.2. The molecule has 5 fully saturated rings. The molecule has 290 valence electrons. The Morgan fingerprint density at radius 2 is 0.702 bits per heavy atom. The molecule has 4 aliphatic carbocycles. The van der Waals surface area contributed by atoms with E-state index in [2.05, 4.69) is 48.5 Å². The predicted octanol–water partition coefficient (Wildman–Crippen LogP) is 10.9. The SMILES string of the molecule is C.CC1CC(F)C(F)C(F)C1.CC1CCC(C)C(F)C1.CC1CCC(C)CC1.CC1CCC(C)CC1.CC1CCC(C)OC1.O.O.O. The number of hydrogen-bond acceptors (Lipinski definition) is 1. The van der Waals surface area contributed by atoms with Crippen LogP contribution < -0.4 is 0 Å². The van der Waals surface area contributed by atoms with Gasteiger partial charge in [0.15, 0.2) is 6.17 Å². The Balaban J connectivity index is -0.000000241. The van der Waals surface area contributed by atoms with Gasteiger partial charge in [-0.05, 0) is 92.8 Å². The molecule has 0 bridgehead atoms. The normalized spacial score (nSPS) is 39.4. The largest absolute Gasteiger partial charge is 0.412 e. The van der Waals surface area contributed by atoms with Crippen molar-refractivity contribution in [3.8, 4) is 0 Å². The summed E-state index contributed by atoms with van der Waals surface area (Å²) in [5.74, 6) is 5.80. The molecule has 6 N–H and O–H groups in total. The fourth-order valence-corrected chi connectivity index (χ4v) is 6.68. The minimum atomic E-state index is -1.88. The summed E-state index contributed by atoms with van der Waals surface area (Å²) in [7, 11) is 0. The molecule has 0 aromatic carbocycles. The number of rotatable bonds is 0. The third-order valence-electron chi connectivity index (χ3n) is 10.6. The van der Waals surface area contributed by atoms with Crippen molar-refractivity contribution in [2.45, 2.75) is 197 Å². The Morgan fingerprint density at radius 3 is 0.979 bits per heavy atom. The molecule has 5 rings (SSSR count). The standard InChI is InChI=1S/C8H15F.2C8H16.C7H11F3.C7H14O.CH4.3H2O/c1-6-3-4-7(2)8(9)5-6;2*1-7-3-5-8(2)6-4-7;1-4-2-5(8)7(10)6(9)3-4;1-6-3-4-7(2)8-5-6;;;;/h6-8H,3-5H2,1-2H3;2*7-8H,3-6H2,1-2H3;4-7H,2-3H2,1H3;6-7H,3-5H2,1-2H3;1H4;3*1H2. The van der Waals surface area contributed by atoms with Crippen molar-refractivity contribution >= 4 is 0 Å². The highest BCUT2D eigenvalue weighted by Gasteiger charge is 2.36. The lowest BCUT2D eigenvalue weighted by atomic mass is 9.83. The van der Waals surface area contributed by atoms with Crippen LogP contribution in [0.1, 0.15) is 166 Å². The van der Waals surface area contributed by atoms with Crippen molar-refractivity contribution in [2.24, 2.45) is 47.3 Å². The van der Waals surface area contributed by atoms with Crippen LogP contribution >= 0.6 is 0 Å². The lowest BCUT2D eigenvalue weighted by molar-refractivity contribution is 0.000266. The minimum absolute atomic E-state index is 0. The maximum absolute atomic E-state index is 12.8. The Kier molecular flexibility index (Phi) is 33.3. The summed E-state index contributed by atoms with van der Waals surface area (Å²) in [6.07, 6.45) is 12.8. The van der Waals surface area contributed by atoms with Gasteiger partial charge in [-0.15, -0.1) is 0 Å². The summed E-state index contributed by atoms with van der Waals surface area (Å²) < 4.78 is 55.5. The molecule has 0 radical (unpaired) electrons. The van der Waals surface area contributed by atoms with E-state index in [0.717, 1.165) is 49.0 Å². The first-order chi connectivity index (χ1) is 20.2. The van der Waals surface area contributed by atoms with Gasteiger partial charge in [-0.2, -0.15) is 0 Å². The third-order valence-corrected chi connectivity index (χ3v) is 10.6. The zero-order chi connectivity index (χ0) is 32.5. The van der Waals surface area contributed by atoms with Crippen LogP contribution in [0.2, 0.25) is 0 Å². The summed E-state index contributed by atoms with van der Waals surface area (Å²) in [5.41, 5.74) is 0. The summed E-state index contributed by atoms with van der Waals surface area (Å²) in [6.45, 7) is 20.7. The zero-order valence-corrected chi connectivity index (χ0v) is 31.2. The Bertz CT molecular complexity index is 576. The van der Waals surface area contributed by atoms with Crippen LogP contribution in [0.3, 0.4) is 0 Å². The maximum Gasteiger partial charge on any atom is 0.162 e. The molecule has 1 aliphatic heterocycles. The predicted molar refractivity (Wildman–Crippen MR) is 195 cm³/mol. The van der Waals surface area contributed by atoms with Gasteiger partial charge >= 0.3 is 0 Å². The van der Waals surface area contributed by atoms with Gasteiger partial charge in [0.25, 0.3) is 0 Å². The van der Waals surface area contributed by atoms with Gasteiger partial charge in [-0.1, -0.05) is 121 Å². The summed E-state index contributed by atoms with van der Waals surface area (Å²) in [6, 6.07) is 0. The van der Waals surface area contributed by atoms with Crippen LogP contribution in [0.25, 0.3) is 0 Å². The monoisotopic (exact) mass is 691 g/mol. The number of halogens is 4. The maximum atomic E-state index is 12.8. The molecular weight excluding hydrogens is 608 g/mol. The quantitative estimate of drug-likeness (QED) is 0.232. The van der Waals surface area contributed by atoms with E-state index < -0.39 is 24.7 Å². The van der Waals surface area contributed by atoms with E-state index in [1.165, 1.54) is 70.6 Å². The van der Waals surface area contributed by atoms with Crippen molar-refractivity contribution in [2.75, 3.05) is 6.61 Å². The van der Waals surface area contributed by atoms with Crippen LogP contribution in [0.5, 0.6) is 0 Å². The molecule has 4 nitrogen and oxygen atoms in total. The molecule has 1 heterocycles. The van der Waals surface area contributed by atoms with E-state index in [-0.39, 0.29) is 42.6 Å². The van der Waals surface area contributed by atoms with Crippen LogP contribution in [-0.4, -0.2) is 53.8 Å². The average molecular weight is 691 g/mol. The minimum Gasteiger partial charge on any atom is -0.412 e. The van der Waals surface area contributed by atoms with Gasteiger partial charge < -0.3 is 21.2 Å². The molecule has 5 aliphatic rings. The highest BCUT2D eigenvalue weighted by atomic mass is 19.2. The second kappa shape index (κ2) is 29.3. The van der Waals surface area contributed by atoms with Gasteiger partial charge in [0.1, 0.15) is 18.5 Å². The lowest BCUT2D eigenvalue weighted by Gasteiger charge is -2.27. The number of hydrogen-bond donors (Lipinski definition) is 0. The molecule has 7 atom stereocenters. The van der Waals surface area contributed by atoms with Crippen LogP contribution in [0.4, 0.5) is 17.6 Å².